The molecule has 0 saturated carbocycles. The molecule has 16 heteroatoms. The molecule has 1 unspecified atom stereocenters. The van der Waals surface area contributed by atoms with Crippen molar-refractivity contribution in [3.63, 3.8) is 0 Å². The number of oxime groups is 1. The standard InChI is InChI=1S/C24H20N8O7S/c1-2-8-39-30-17(20-25-6-5-16(28-20)27-13-34)21(35)29-18-22(36)32-19(24(37)38)14(11-40-23(18)32)9-31-7-3-4-15(10-31)26-12-33/h1,3-7,10,12-13,18,23H,8-9,11H2,(H3-,25,26,27,28,29,33,34,35,37,38)/p+1/t18?,23-/m0/s1. The summed E-state index contributed by atoms with van der Waals surface area (Å²) in [6.45, 7) is -0.109. The number of carbonyl (C=O) groups excluding carboxylic acids is 4. The Bertz CT molecular complexity index is 1470. The zero-order chi connectivity index (χ0) is 28.6. The number of β-lactam (4-membered cyclic amide) rings is 1. The van der Waals surface area contributed by atoms with Gasteiger partial charge >= 0.3 is 5.97 Å². The van der Waals surface area contributed by atoms with E-state index >= 15 is 0 Å². The normalized spacial score (nSPS) is 18.0. The van der Waals surface area contributed by atoms with Crippen LogP contribution in [0.2, 0.25) is 0 Å². The third kappa shape index (κ3) is 5.89. The molecular weight excluding hydrogens is 544 g/mol. The van der Waals surface area contributed by atoms with E-state index in [2.05, 4.69) is 37.0 Å². The molecule has 4 heterocycles. The first kappa shape index (κ1) is 27.7. The van der Waals surface area contributed by atoms with Gasteiger partial charge in [-0.1, -0.05) is 11.1 Å². The number of aromatic nitrogens is 3. The van der Waals surface area contributed by atoms with Crippen LogP contribution in [-0.2, 0) is 35.4 Å². The predicted octanol–water partition coefficient (Wildman–Crippen LogP) is -1.31. The van der Waals surface area contributed by atoms with Crippen LogP contribution < -0.4 is 20.5 Å². The molecule has 0 aliphatic carbocycles. The first-order valence-electron chi connectivity index (χ1n) is 11.4. The van der Waals surface area contributed by atoms with Crippen molar-refractivity contribution in [2.75, 3.05) is 23.0 Å². The third-order valence-electron chi connectivity index (χ3n) is 5.59. The van der Waals surface area contributed by atoms with Crippen molar-refractivity contribution in [1.29, 1.82) is 0 Å². The van der Waals surface area contributed by atoms with Crippen LogP contribution in [0.3, 0.4) is 0 Å². The van der Waals surface area contributed by atoms with Crippen LogP contribution in [-0.4, -0.2) is 80.1 Å². The van der Waals surface area contributed by atoms with E-state index in [4.69, 9.17) is 11.3 Å². The summed E-state index contributed by atoms with van der Waals surface area (Å²) in [5.41, 5.74) is 0.395. The van der Waals surface area contributed by atoms with Crippen molar-refractivity contribution >= 4 is 59.6 Å². The third-order valence-corrected chi connectivity index (χ3v) is 6.93. The molecule has 2 aromatic rings. The Balaban J connectivity index is 1.54. The minimum atomic E-state index is -1.29. The molecule has 4 N–H and O–H groups in total. The van der Waals surface area contributed by atoms with Gasteiger partial charge in [-0.15, -0.1) is 18.2 Å². The number of carbonyl (C=O) groups is 5. The molecule has 2 aliphatic heterocycles. The zero-order valence-electron chi connectivity index (χ0n) is 20.5. The number of anilines is 2. The second kappa shape index (κ2) is 12.5. The van der Waals surface area contributed by atoms with E-state index < -0.39 is 34.9 Å². The van der Waals surface area contributed by atoms with Gasteiger partial charge in [-0.2, -0.15) is 4.57 Å². The average molecular weight is 566 g/mol. The van der Waals surface area contributed by atoms with E-state index in [9.17, 15) is 29.1 Å². The highest BCUT2D eigenvalue weighted by molar-refractivity contribution is 8.00. The summed E-state index contributed by atoms with van der Waals surface area (Å²) in [6.07, 6.45) is 10.7. The first-order chi connectivity index (χ1) is 19.4. The van der Waals surface area contributed by atoms with E-state index in [1.807, 2.05) is 0 Å². The molecular formula is C24H21N8O7S+. The maximum atomic E-state index is 13.2. The zero-order valence-corrected chi connectivity index (χ0v) is 21.3. The lowest BCUT2D eigenvalue weighted by molar-refractivity contribution is -0.688. The number of fused-ring (bicyclic) bond motifs is 1. The second-order valence-corrected chi connectivity index (χ2v) is 9.20. The maximum absolute atomic E-state index is 13.2. The monoisotopic (exact) mass is 565 g/mol. The Labute approximate surface area is 230 Å². The number of pyridine rings is 1. The summed E-state index contributed by atoms with van der Waals surface area (Å²) < 4.78 is 1.68. The molecule has 0 bridgehead atoms. The fraction of sp³-hybridized carbons (Fsp3) is 0.208. The molecule has 204 valence electrons. The number of carboxylic acid groups (broad SMARTS) is 1. The number of rotatable bonds is 12. The van der Waals surface area contributed by atoms with Crippen LogP contribution in [0, 0.1) is 12.3 Å². The summed E-state index contributed by atoms with van der Waals surface area (Å²) in [6, 6.07) is 3.67. The summed E-state index contributed by atoms with van der Waals surface area (Å²) in [4.78, 5) is 74.0. The lowest BCUT2D eigenvalue weighted by atomic mass is 10.0. The topological polar surface area (TPSA) is 196 Å². The molecule has 0 spiro atoms. The fourth-order valence-corrected chi connectivity index (χ4v) is 5.28. The predicted molar refractivity (Wildman–Crippen MR) is 139 cm³/mol. The van der Waals surface area contributed by atoms with Crippen molar-refractivity contribution in [2.24, 2.45) is 5.16 Å². The minimum Gasteiger partial charge on any atom is -0.477 e. The molecule has 40 heavy (non-hydrogen) atoms. The molecule has 4 rings (SSSR count). The highest BCUT2D eigenvalue weighted by Gasteiger charge is 2.54. The van der Waals surface area contributed by atoms with Gasteiger partial charge in [-0.05, 0) is 12.1 Å². The van der Waals surface area contributed by atoms with E-state index in [0.29, 0.717) is 24.1 Å². The number of amides is 4. The summed E-state index contributed by atoms with van der Waals surface area (Å²) in [5.74, 6) is -0.477. The van der Waals surface area contributed by atoms with Gasteiger partial charge in [-0.25, -0.2) is 14.8 Å². The molecule has 2 aliphatic rings. The van der Waals surface area contributed by atoms with Gasteiger partial charge < -0.3 is 25.9 Å². The van der Waals surface area contributed by atoms with Crippen LogP contribution >= 0.6 is 11.8 Å². The molecule has 1 fully saturated rings. The molecule has 4 amide bonds. The van der Waals surface area contributed by atoms with Crippen molar-refractivity contribution in [1.82, 2.24) is 20.2 Å². The molecule has 1 saturated heterocycles. The van der Waals surface area contributed by atoms with Crippen LogP contribution in [0.15, 0.2) is 53.2 Å². The van der Waals surface area contributed by atoms with Gasteiger partial charge in [0, 0.05) is 23.6 Å². The van der Waals surface area contributed by atoms with Gasteiger partial charge in [0.1, 0.15) is 28.6 Å². The number of aliphatic carboxylic acids is 1. The second-order valence-electron chi connectivity index (χ2n) is 8.09. The van der Waals surface area contributed by atoms with E-state index in [1.54, 1.807) is 29.1 Å². The largest absolute Gasteiger partial charge is 0.477 e. The van der Waals surface area contributed by atoms with Gasteiger partial charge in [0.2, 0.25) is 18.5 Å². The number of terminal acetylenes is 1. The van der Waals surface area contributed by atoms with Gasteiger partial charge in [0.15, 0.2) is 31.4 Å². The summed E-state index contributed by atoms with van der Waals surface area (Å²) in [7, 11) is 0. The molecule has 0 radical (unpaired) electrons. The number of hydrogen-bond donors (Lipinski definition) is 4. The summed E-state index contributed by atoms with van der Waals surface area (Å²) >= 11 is 1.27. The Morgan fingerprint density at radius 2 is 2.12 bits per heavy atom. The van der Waals surface area contributed by atoms with Crippen molar-refractivity contribution < 1.29 is 38.5 Å². The number of nitrogens with one attached hydrogen (secondary N) is 3. The van der Waals surface area contributed by atoms with Crippen LogP contribution in [0.5, 0.6) is 0 Å². The maximum Gasteiger partial charge on any atom is 0.352 e. The van der Waals surface area contributed by atoms with Gasteiger partial charge in [-0.3, -0.25) is 24.1 Å². The molecule has 2 aromatic heterocycles. The van der Waals surface area contributed by atoms with E-state index in [0.717, 1.165) is 4.90 Å². The highest BCUT2D eigenvalue weighted by atomic mass is 32.2. The quantitative estimate of drug-likeness (QED) is 0.0456. The number of nitrogens with zero attached hydrogens (tertiary/aromatic N) is 5. The smallest absolute Gasteiger partial charge is 0.352 e. The van der Waals surface area contributed by atoms with Crippen LogP contribution in [0.4, 0.5) is 11.5 Å². The molecule has 0 aromatic carbocycles. The van der Waals surface area contributed by atoms with E-state index in [-0.39, 0.29) is 36.2 Å². The SMILES string of the molecule is C#CCON=C(C(=O)NC1C(=O)N2C(C(=O)O)=C(C[n+]3cccc(NC=O)c3)CS[C@@H]12)c1nccc(NC=O)n1. The Morgan fingerprint density at radius 1 is 1.32 bits per heavy atom. The van der Waals surface area contributed by atoms with E-state index in [1.165, 1.54) is 24.0 Å². The number of hydrogen-bond acceptors (Lipinski definition) is 10. The average Bonchev–Trinajstić information content (AvgIpc) is 2.94. The highest BCUT2D eigenvalue weighted by Crippen LogP contribution is 2.40. The van der Waals surface area contributed by atoms with Gasteiger partial charge in [0.25, 0.3) is 11.8 Å². The Kier molecular flexibility index (Phi) is 8.66. The molecule has 15 nitrogen and oxygen atoms in total. The minimum absolute atomic E-state index is 0.0836. The van der Waals surface area contributed by atoms with Crippen molar-refractivity contribution in [3.05, 3.63) is 53.9 Å². The Morgan fingerprint density at radius 3 is 2.85 bits per heavy atom. The summed E-state index contributed by atoms with van der Waals surface area (Å²) in [5, 5.41) is 20.3. The first-order valence-corrected chi connectivity index (χ1v) is 12.5. The lowest BCUT2D eigenvalue weighted by Gasteiger charge is -2.49. The Hall–Kier alpha value is -5.30. The molecule has 2 atom stereocenters. The lowest BCUT2D eigenvalue weighted by Crippen LogP contribution is -2.71. The van der Waals surface area contributed by atoms with Crippen LogP contribution in [0.25, 0.3) is 0 Å². The van der Waals surface area contributed by atoms with Crippen molar-refractivity contribution in [2.45, 2.75) is 18.0 Å². The van der Waals surface area contributed by atoms with Crippen LogP contribution in [0.1, 0.15) is 5.82 Å². The fourth-order valence-electron chi connectivity index (χ4n) is 3.94. The van der Waals surface area contributed by atoms with Crippen molar-refractivity contribution in [3.8, 4) is 12.3 Å². The number of thioether (sulfide) groups is 1. The number of carboxylic acids is 1. The van der Waals surface area contributed by atoms with Gasteiger partial charge in [0.05, 0.1) is 0 Å².